The third-order valence-electron chi connectivity index (χ3n) is 6.71. The Bertz CT molecular complexity index is 960. The minimum atomic E-state index is -0.0849. The summed E-state index contributed by atoms with van der Waals surface area (Å²) in [5.74, 6) is 2.10. The molecule has 0 N–H and O–H groups in total. The van der Waals surface area contributed by atoms with Gasteiger partial charge in [-0.1, -0.05) is 41.6 Å². The molecule has 30 heavy (non-hydrogen) atoms. The van der Waals surface area contributed by atoms with Gasteiger partial charge in [0.1, 0.15) is 0 Å². The van der Waals surface area contributed by atoms with E-state index in [2.05, 4.69) is 56.3 Å². The number of hydrogen-bond donors (Lipinski definition) is 0. The zero-order chi connectivity index (χ0) is 20.4. The van der Waals surface area contributed by atoms with Crippen LogP contribution in [0.15, 0.2) is 59.4 Å². The topological polar surface area (TPSA) is 58.3 Å². The summed E-state index contributed by atoms with van der Waals surface area (Å²) in [5, 5.41) is 4.14. The van der Waals surface area contributed by atoms with Gasteiger partial charge in [0.25, 0.3) is 0 Å². The number of aromatic nitrogens is 3. The summed E-state index contributed by atoms with van der Waals surface area (Å²) in [5.41, 5.74) is 2.57. The van der Waals surface area contributed by atoms with Crippen molar-refractivity contribution in [3.8, 4) is 0 Å². The molecule has 156 valence electrons. The lowest BCUT2D eigenvalue weighted by Gasteiger charge is -2.41. The summed E-state index contributed by atoms with van der Waals surface area (Å²) in [7, 11) is 0. The first-order valence-corrected chi connectivity index (χ1v) is 10.9. The van der Waals surface area contributed by atoms with Gasteiger partial charge in [0, 0.05) is 45.1 Å². The third-order valence-corrected chi connectivity index (χ3v) is 6.71. The summed E-state index contributed by atoms with van der Waals surface area (Å²) in [6, 6.07) is 14.9. The van der Waals surface area contributed by atoms with Crippen molar-refractivity contribution in [2.24, 2.45) is 5.92 Å². The molecular weight excluding hydrogens is 374 g/mol. The smallest absolute Gasteiger partial charge is 0.235 e. The minimum absolute atomic E-state index is 0.0849. The van der Waals surface area contributed by atoms with E-state index in [4.69, 9.17) is 9.51 Å². The summed E-state index contributed by atoms with van der Waals surface area (Å²) in [6.45, 7) is 8.04. The molecule has 0 amide bonds. The molecule has 2 atom stereocenters. The van der Waals surface area contributed by atoms with Gasteiger partial charge in [-0.05, 0) is 49.4 Å². The van der Waals surface area contributed by atoms with Gasteiger partial charge in [-0.3, -0.25) is 9.88 Å². The molecule has 2 fully saturated rings. The fourth-order valence-electron chi connectivity index (χ4n) is 5.24. The fourth-order valence-corrected chi connectivity index (χ4v) is 5.24. The van der Waals surface area contributed by atoms with Crippen LogP contribution in [-0.4, -0.2) is 57.6 Å². The van der Waals surface area contributed by atoms with Crippen LogP contribution in [0.5, 0.6) is 0 Å². The van der Waals surface area contributed by atoms with Gasteiger partial charge in [-0.15, -0.1) is 0 Å². The van der Waals surface area contributed by atoms with Crippen molar-refractivity contribution in [3.05, 3.63) is 77.7 Å². The van der Waals surface area contributed by atoms with Crippen LogP contribution in [-0.2, 0) is 18.4 Å². The van der Waals surface area contributed by atoms with Crippen LogP contribution in [0.25, 0.3) is 0 Å². The number of aryl methyl sites for hydroxylation is 1. The van der Waals surface area contributed by atoms with E-state index in [0.29, 0.717) is 5.92 Å². The van der Waals surface area contributed by atoms with E-state index >= 15 is 0 Å². The molecule has 4 heterocycles. The van der Waals surface area contributed by atoms with Crippen molar-refractivity contribution in [3.63, 3.8) is 0 Å². The van der Waals surface area contributed by atoms with Crippen LogP contribution in [0.4, 0.5) is 0 Å². The Labute approximate surface area is 177 Å². The van der Waals surface area contributed by atoms with E-state index in [9.17, 15) is 0 Å². The molecule has 0 unspecified atom stereocenters. The second-order valence-electron chi connectivity index (χ2n) is 8.83. The molecule has 2 saturated heterocycles. The molecule has 6 nitrogen and oxygen atoms in total. The Morgan fingerprint density at radius 3 is 2.67 bits per heavy atom. The maximum atomic E-state index is 5.79. The Hall–Kier alpha value is -2.57. The maximum Gasteiger partial charge on any atom is 0.235 e. The molecule has 0 saturated carbocycles. The lowest BCUT2D eigenvalue weighted by Crippen LogP contribution is -2.51. The molecule has 0 radical (unpaired) electrons. The number of fused-ring (bicyclic) bond motifs is 1. The Balaban J connectivity index is 1.35. The monoisotopic (exact) mass is 403 g/mol. The van der Waals surface area contributed by atoms with E-state index in [1.807, 2.05) is 25.4 Å². The highest BCUT2D eigenvalue weighted by Crippen LogP contribution is 2.44. The predicted octanol–water partition coefficient (Wildman–Crippen LogP) is 3.09. The standard InChI is InChI=1S/C24H29N5O/c1-19-26-23(30-27-19)24-17-28(15-21-8-5-11-25-14-21)13-10-22(24)16-29(18-24)12-9-20-6-3-2-4-7-20/h2-8,11,14,22H,9-10,12-13,15-18H2,1H3/t22-,24-/m0/s1. The molecule has 0 bridgehead atoms. The first-order chi connectivity index (χ1) is 14.7. The minimum Gasteiger partial charge on any atom is -0.339 e. The van der Waals surface area contributed by atoms with Gasteiger partial charge < -0.3 is 9.42 Å². The number of nitrogens with zero attached hydrogens (tertiary/aromatic N) is 5. The summed E-state index contributed by atoms with van der Waals surface area (Å²) in [4.78, 5) is 14.1. The molecule has 1 aromatic carbocycles. The number of hydrogen-bond acceptors (Lipinski definition) is 6. The number of benzene rings is 1. The molecular formula is C24H29N5O. The van der Waals surface area contributed by atoms with E-state index < -0.39 is 0 Å². The second kappa shape index (κ2) is 8.28. The Morgan fingerprint density at radius 1 is 1.07 bits per heavy atom. The van der Waals surface area contributed by atoms with E-state index in [1.54, 1.807) is 0 Å². The van der Waals surface area contributed by atoms with E-state index in [0.717, 1.165) is 63.8 Å². The van der Waals surface area contributed by atoms with Crippen molar-refractivity contribution in [2.45, 2.75) is 31.7 Å². The van der Waals surface area contributed by atoms with Crippen LogP contribution in [0.3, 0.4) is 0 Å². The summed E-state index contributed by atoms with van der Waals surface area (Å²) < 4.78 is 5.79. The SMILES string of the molecule is Cc1noc([C@]23CN(Cc4cccnc4)CC[C@H]2CN(CCc2ccccc2)C3)n1. The van der Waals surface area contributed by atoms with Crippen molar-refractivity contribution in [1.82, 2.24) is 24.9 Å². The number of likely N-dealkylation sites (tertiary alicyclic amines) is 2. The molecule has 3 aromatic rings. The van der Waals surface area contributed by atoms with Crippen molar-refractivity contribution < 1.29 is 4.52 Å². The quantitative estimate of drug-likeness (QED) is 0.630. The Morgan fingerprint density at radius 2 is 1.90 bits per heavy atom. The zero-order valence-electron chi connectivity index (χ0n) is 17.6. The number of piperidine rings is 1. The van der Waals surface area contributed by atoms with E-state index in [1.165, 1.54) is 11.1 Å². The highest BCUT2D eigenvalue weighted by atomic mass is 16.5. The largest absolute Gasteiger partial charge is 0.339 e. The lowest BCUT2D eigenvalue weighted by molar-refractivity contribution is 0.0877. The summed E-state index contributed by atoms with van der Waals surface area (Å²) >= 11 is 0. The second-order valence-corrected chi connectivity index (χ2v) is 8.83. The van der Waals surface area contributed by atoms with Gasteiger partial charge in [0.2, 0.25) is 5.89 Å². The highest BCUT2D eigenvalue weighted by molar-refractivity contribution is 5.20. The molecule has 0 aliphatic carbocycles. The first kappa shape index (κ1) is 19.4. The predicted molar refractivity (Wildman–Crippen MR) is 115 cm³/mol. The van der Waals surface area contributed by atoms with Crippen molar-refractivity contribution in [2.75, 3.05) is 32.7 Å². The molecule has 2 aliphatic rings. The van der Waals surface area contributed by atoms with Gasteiger partial charge in [-0.2, -0.15) is 4.98 Å². The third kappa shape index (κ3) is 3.89. The van der Waals surface area contributed by atoms with Crippen molar-refractivity contribution >= 4 is 0 Å². The van der Waals surface area contributed by atoms with Crippen molar-refractivity contribution in [1.29, 1.82) is 0 Å². The summed E-state index contributed by atoms with van der Waals surface area (Å²) in [6.07, 6.45) is 6.03. The zero-order valence-corrected chi connectivity index (χ0v) is 17.6. The average Bonchev–Trinajstić information content (AvgIpc) is 3.38. The van der Waals surface area contributed by atoms with Crippen LogP contribution in [0, 0.1) is 12.8 Å². The molecule has 2 aromatic heterocycles. The van der Waals surface area contributed by atoms with Gasteiger partial charge >= 0.3 is 0 Å². The van der Waals surface area contributed by atoms with Gasteiger partial charge in [-0.25, -0.2) is 0 Å². The van der Waals surface area contributed by atoms with Crippen LogP contribution in [0.2, 0.25) is 0 Å². The number of pyridine rings is 1. The molecule has 2 aliphatic heterocycles. The molecule has 0 spiro atoms. The normalized spacial score (nSPS) is 24.8. The Kier molecular flexibility index (Phi) is 5.35. The lowest BCUT2D eigenvalue weighted by atomic mass is 9.73. The van der Waals surface area contributed by atoms with Crippen LogP contribution < -0.4 is 0 Å². The van der Waals surface area contributed by atoms with Gasteiger partial charge in [0.15, 0.2) is 5.82 Å². The van der Waals surface area contributed by atoms with E-state index in [-0.39, 0.29) is 5.41 Å². The maximum absolute atomic E-state index is 5.79. The van der Waals surface area contributed by atoms with Gasteiger partial charge in [0.05, 0.1) is 5.41 Å². The molecule has 6 heteroatoms. The molecule has 5 rings (SSSR count). The van der Waals surface area contributed by atoms with Crippen LogP contribution in [0.1, 0.15) is 29.3 Å². The average molecular weight is 404 g/mol. The first-order valence-electron chi connectivity index (χ1n) is 10.9. The highest BCUT2D eigenvalue weighted by Gasteiger charge is 2.54. The fraction of sp³-hybridized carbons (Fsp3) is 0.458. The van der Waals surface area contributed by atoms with Crippen LogP contribution >= 0.6 is 0 Å². The number of rotatable bonds is 6.